The van der Waals surface area contributed by atoms with Crippen molar-refractivity contribution >= 4 is 0 Å². The second-order valence-electron chi connectivity index (χ2n) is 5.88. The van der Waals surface area contributed by atoms with Gasteiger partial charge in [0.1, 0.15) is 0 Å². The maximum absolute atomic E-state index is 10.4. The average Bonchev–Trinajstić information content (AvgIpc) is 2.48. The standard InChI is InChI=1S/C16H24N2O/c19-16(15-7-3-4-9-17-15)12-18-10-8-13-5-1-2-6-14(13)11-18/h1-2,5-6,15-17,19H,3-4,7-12H2. The van der Waals surface area contributed by atoms with E-state index >= 15 is 0 Å². The number of benzene rings is 1. The number of hydrogen-bond donors (Lipinski definition) is 2. The van der Waals surface area contributed by atoms with E-state index in [-0.39, 0.29) is 6.10 Å². The van der Waals surface area contributed by atoms with Crippen LogP contribution in [-0.4, -0.2) is 41.8 Å². The number of nitrogens with zero attached hydrogens (tertiary/aromatic N) is 1. The van der Waals surface area contributed by atoms with Crippen molar-refractivity contribution < 1.29 is 5.11 Å². The number of nitrogens with one attached hydrogen (secondary N) is 1. The zero-order chi connectivity index (χ0) is 13.1. The lowest BCUT2D eigenvalue weighted by molar-refractivity contribution is 0.0651. The first-order chi connectivity index (χ1) is 9.33. The second-order valence-corrected chi connectivity index (χ2v) is 5.88. The first-order valence-corrected chi connectivity index (χ1v) is 7.53. The Bertz CT molecular complexity index is 415. The molecule has 2 atom stereocenters. The smallest absolute Gasteiger partial charge is 0.0819 e. The van der Waals surface area contributed by atoms with Crippen LogP contribution in [0.1, 0.15) is 30.4 Å². The summed E-state index contributed by atoms with van der Waals surface area (Å²) in [5, 5.41) is 13.8. The highest BCUT2D eigenvalue weighted by atomic mass is 16.3. The Labute approximate surface area is 115 Å². The van der Waals surface area contributed by atoms with Crippen LogP contribution in [-0.2, 0) is 13.0 Å². The number of aliphatic hydroxyl groups is 1. The molecule has 0 saturated carbocycles. The van der Waals surface area contributed by atoms with Gasteiger partial charge < -0.3 is 10.4 Å². The molecule has 1 fully saturated rings. The van der Waals surface area contributed by atoms with Gasteiger partial charge in [-0.25, -0.2) is 0 Å². The highest BCUT2D eigenvalue weighted by Gasteiger charge is 2.24. The summed E-state index contributed by atoms with van der Waals surface area (Å²) >= 11 is 0. The van der Waals surface area contributed by atoms with Crippen LogP contribution < -0.4 is 5.32 Å². The van der Waals surface area contributed by atoms with Gasteiger partial charge in [0.25, 0.3) is 0 Å². The largest absolute Gasteiger partial charge is 0.390 e. The summed E-state index contributed by atoms with van der Waals surface area (Å²) in [6.45, 7) is 3.91. The van der Waals surface area contributed by atoms with Crippen LogP contribution in [0.4, 0.5) is 0 Å². The van der Waals surface area contributed by atoms with Gasteiger partial charge in [-0.2, -0.15) is 0 Å². The van der Waals surface area contributed by atoms with Crippen molar-refractivity contribution in [1.82, 2.24) is 10.2 Å². The van der Waals surface area contributed by atoms with Gasteiger partial charge in [0.05, 0.1) is 6.10 Å². The molecule has 3 nitrogen and oxygen atoms in total. The van der Waals surface area contributed by atoms with Gasteiger partial charge in [-0.15, -0.1) is 0 Å². The summed E-state index contributed by atoms with van der Waals surface area (Å²) in [7, 11) is 0. The molecule has 2 N–H and O–H groups in total. The molecule has 3 heteroatoms. The monoisotopic (exact) mass is 260 g/mol. The highest BCUT2D eigenvalue weighted by Crippen LogP contribution is 2.19. The van der Waals surface area contributed by atoms with Gasteiger partial charge in [-0.05, 0) is 36.9 Å². The number of hydrogen-bond acceptors (Lipinski definition) is 3. The maximum Gasteiger partial charge on any atom is 0.0819 e. The van der Waals surface area contributed by atoms with Gasteiger partial charge >= 0.3 is 0 Å². The third-order valence-electron chi connectivity index (χ3n) is 4.47. The molecular weight excluding hydrogens is 236 g/mol. The molecule has 0 amide bonds. The third-order valence-corrected chi connectivity index (χ3v) is 4.47. The Morgan fingerprint density at radius 1 is 1.26 bits per heavy atom. The van der Waals surface area contributed by atoms with Crippen LogP contribution in [0.15, 0.2) is 24.3 Å². The van der Waals surface area contributed by atoms with E-state index in [2.05, 4.69) is 34.5 Å². The van der Waals surface area contributed by atoms with E-state index in [0.717, 1.165) is 39.0 Å². The Morgan fingerprint density at radius 2 is 2.11 bits per heavy atom. The van der Waals surface area contributed by atoms with Crippen molar-refractivity contribution in [2.45, 2.75) is 44.4 Å². The molecule has 19 heavy (non-hydrogen) atoms. The van der Waals surface area contributed by atoms with Gasteiger partial charge in [-0.1, -0.05) is 30.7 Å². The molecule has 1 aromatic rings. The van der Waals surface area contributed by atoms with Crippen molar-refractivity contribution in [3.05, 3.63) is 35.4 Å². The third kappa shape index (κ3) is 3.16. The fourth-order valence-corrected chi connectivity index (χ4v) is 3.31. The Hall–Kier alpha value is -0.900. The minimum absolute atomic E-state index is 0.231. The van der Waals surface area contributed by atoms with E-state index in [0.29, 0.717) is 6.04 Å². The summed E-state index contributed by atoms with van der Waals surface area (Å²) in [6.07, 6.45) is 4.50. The fraction of sp³-hybridized carbons (Fsp3) is 0.625. The minimum atomic E-state index is -0.231. The first-order valence-electron chi connectivity index (χ1n) is 7.53. The van der Waals surface area contributed by atoms with Crippen LogP contribution in [0.25, 0.3) is 0 Å². The topological polar surface area (TPSA) is 35.5 Å². The molecule has 0 radical (unpaired) electrons. The van der Waals surface area contributed by atoms with Crippen LogP contribution in [0.5, 0.6) is 0 Å². The predicted molar refractivity (Wildman–Crippen MR) is 77.1 cm³/mol. The number of piperidine rings is 1. The molecule has 0 bridgehead atoms. The van der Waals surface area contributed by atoms with Crippen LogP contribution in [0.3, 0.4) is 0 Å². The molecule has 2 aliphatic heterocycles. The molecule has 104 valence electrons. The lowest BCUT2D eigenvalue weighted by atomic mass is 9.97. The molecule has 0 aromatic heterocycles. The zero-order valence-electron chi connectivity index (χ0n) is 11.5. The van der Waals surface area contributed by atoms with Crippen molar-refractivity contribution in [2.75, 3.05) is 19.6 Å². The molecule has 2 heterocycles. The zero-order valence-corrected chi connectivity index (χ0v) is 11.5. The van der Waals surface area contributed by atoms with Gasteiger partial charge in [0.15, 0.2) is 0 Å². The van der Waals surface area contributed by atoms with Crippen molar-refractivity contribution in [2.24, 2.45) is 0 Å². The molecule has 0 spiro atoms. The SMILES string of the molecule is OC(CN1CCc2ccccc2C1)C1CCCCN1. The average molecular weight is 260 g/mol. The fourth-order valence-electron chi connectivity index (χ4n) is 3.31. The summed E-state index contributed by atoms with van der Waals surface area (Å²) in [5.74, 6) is 0. The van der Waals surface area contributed by atoms with Crippen molar-refractivity contribution in [3.8, 4) is 0 Å². The molecule has 1 saturated heterocycles. The predicted octanol–water partition coefficient (Wildman–Crippen LogP) is 1.55. The second kappa shape index (κ2) is 6.04. The molecule has 3 rings (SSSR count). The number of β-amino-alcohol motifs (C(OH)–C–C–N with tert-alkyl or cyclic N) is 1. The van der Waals surface area contributed by atoms with Crippen molar-refractivity contribution in [3.63, 3.8) is 0 Å². The molecule has 2 aliphatic rings. The van der Waals surface area contributed by atoms with Crippen LogP contribution >= 0.6 is 0 Å². The van der Waals surface area contributed by atoms with E-state index in [1.807, 2.05) is 0 Å². The summed E-state index contributed by atoms with van der Waals surface area (Å²) in [6, 6.07) is 8.97. The van der Waals surface area contributed by atoms with Gasteiger partial charge in [-0.3, -0.25) is 4.90 Å². The minimum Gasteiger partial charge on any atom is -0.390 e. The van der Waals surface area contributed by atoms with Crippen molar-refractivity contribution in [1.29, 1.82) is 0 Å². The van der Waals surface area contributed by atoms with Crippen LogP contribution in [0, 0.1) is 0 Å². The lowest BCUT2D eigenvalue weighted by Gasteiger charge is -2.34. The van der Waals surface area contributed by atoms with E-state index in [4.69, 9.17) is 0 Å². The van der Waals surface area contributed by atoms with E-state index < -0.39 is 0 Å². The first kappa shape index (κ1) is 13.1. The van der Waals surface area contributed by atoms with Crippen LogP contribution in [0.2, 0.25) is 0 Å². The number of aliphatic hydroxyl groups excluding tert-OH is 1. The van der Waals surface area contributed by atoms with E-state index in [1.165, 1.54) is 24.0 Å². The summed E-state index contributed by atoms with van der Waals surface area (Å²) in [5.41, 5.74) is 2.90. The summed E-state index contributed by atoms with van der Waals surface area (Å²) < 4.78 is 0. The Kier molecular flexibility index (Phi) is 4.16. The van der Waals surface area contributed by atoms with E-state index in [9.17, 15) is 5.11 Å². The highest BCUT2D eigenvalue weighted by molar-refractivity contribution is 5.29. The van der Waals surface area contributed by atoms with Gasteiger partial charge in [0, 0.05) is 25.7 Å². The Balaban J connectivity index is 1.56. The quantitative estimate of drug-likeness (QED) is 0.865. The molecular formula is C16H24N2O. The van der Waals surface area contributed by atoms with E-state index in [1.54, 1.807) is 0 Å². The molecule has 1 aromatic carbocycles. The molecule has 2 unspecified atom stereocenters. The van der Waals surface area contributed by atoms with Gasteiger partial charge in [0.2, 0.25) is 0 Å². The summed E-state index contributed by atoms with van der Waals surface area (Å²) in [4.78, 5) is 2.39. The lowest BCUT2D eigenvalue weighted by Crippen LogP contribution is -2.49. The normalized spacial score (nSPS) is 25.8. The number of rotatable bonds is 3. The Morgan fingerprint density at radius 3 is 2.89 bits per heavy atom. The maximum atomic E-state index is 10.4. The molecule has 0 aliphatic carbocycles. The number of fused-ring (bicyclic) bond motifs is 1.